The highest BCUT2D eigenvalue weighted by Crippen LogP contribution is 2.44. The molecule has 7 rings (SSSR count). The van der Waals surface area contributed by atoms with Gasteiger partial charge in [-0.15, -0.1) is 0 Å². The van der Waals surface area contributed by atoms with Gasteiger partial charge in [-0.25, -0.2) is 15.0 Å². The van der Waals surface area contributed by atoms with Gasteiger partial charge in [0.15, 0.2) is 17.5 Å². The van der Waals surface area contributed by atoms with Crippen molar-refractivity contribution in [3.05, 3.63) is 126 Å². The van der Waals surface area contributed by atoms with Crippen LogP contribution in [0.5, 0.6) is 0 Å². The highest BCUT2D eigenvalue weighted by molar-refractivity contribution is 6.11. The van der Waals surface area contributed by atoms with Crippen molar-refractivity contribution in [1.29, 1.82) is 0 Å². The number of rotatable bonds is 4. The molecule has 2 aromatic heterocycles. The fourth-order valence-corrected chi connectivity index (χ4v) is 6.38. The fourth-order valence-electron chi connectivity index (χ4n) is 6.38. The minimum atomic E-state index is -0.0913. The summed E-state index contributed by atoms with van der Waals surface area (Å²) in [6.45, 7) is 20.5. The zero-order chi connectivity index (χ0) is 34.7. The van der Waals surface area contributed by atoms with Crippen LogP contribution in [0, 0.1) is 0 Å². The summed E-state index contributed by atoms with van der Waals surface area (Å²) < 4.78 is 6.99. The summed E-state index contributed by atoms with van der Waals surface area (Å²) in [6.07, 6.45) is 0. The third kappa shape index (κ3) is 6.28. The van der Waals surface area contributed by atoms with E-state index < -0.39 is 0 Å². The molecule has 0 aliphatic rings. The van der Waals surface area contributed by atoms with Crippen LogP contribution in [-0.4, -0.2) is 15.0 Å². The van der Waals surface area contributed by atoms with Gasteiger partial charge in [-0.3, -0.25) is 0 Å². The second kappa shape index (κ2) is 11.8. The van der Waals surface area contributed by atoms with Crippen LogP contribution in [0.15, 0.2) is 114 Å². The molecular formula is C45H45N3O. The number of benzene rings is 5. The fraction of sp³-hybridized carbons (Fsp3) is 0.267. The van der Waals surface area contributed by atoms with Crippen LogP contribution in [-0.2, 0) is 16.2 Å². The van der Waals surface area contributed by atoms with Gasteiger partial charge >= 0.3 is 0 Å². The molecule has 49 heavy (non-hydrogen) atoms. The molecule has 0 aliphatic carbocycles. The summed E-state index contributed by atoms with van der Waals surface area (Å²) >= 11 is 0. The zero-order valence-corrected chi connectivity index (χ0v) is 30.1. The molecule has 0 fully saturated rings. The molecule has 2 heterocycles. The summed E-state index contributed by atoms with van der Waals surface area (Å²) in [5.74, 6) is 1.93. The van der Waals surface area contributed by atoms with E-state index in [2.05, 4.69) is 111 Å². The molecule has 0 radical (unpaired) electrons. The Kier molecular flexibility index (Phi) is 7.82. The third-order valence-corrected chi connectivity index (χ3v) is 9.34. The van der Waals surface area contributed by atoms with E-state index in [1.165, 1.54) is 22.1 Å². The van der Waals surface area contributed by atoms with Gasteiger partial charge in [0, 0.05) is 38.6 Å². The molecular weight excluding hydrogens is 599 g/mol. The van der Waals surface area contributed by atoms with E-state index in [9.17, 15) is 0 Å². The van der Waals surface area contributed by atoms with E-state index in [1.54, 1.807) is 0 Å². The minimum absolute atomic E-state index is 0.00166. The number of nitrogens with zero attached hydrogens (tertiary/aromatic N) is 3. The topological polar surface area (TPSA) is 51.8 Å². The van der Waals surface area contributed by atoms with Crippen molar-refractivity contribution in [2.75, 3.05) is 0 Å². The number of hydrogen-bond donors (Lipinski definition) is 0. The van der Waals surface area contributed by atoms with Gasteiger partial charge < -0.3 is 4.42 Å². The molecule has 4 heteroatoms. The lowest BCUT2D eigenvalue weighted by Gasteiger charge is -2.25. The quantitative estimate of drug-likeness (QED) is 0.191. The predicted molar refractivity (Wildman–Crippen MR) is 205 cm³/mol. The maximum atomic E-state index is 6.99. The summed E-state index contributed by atoms with van der Waals surface area (Å²) in [5.41, 5.74) is 10.5. The predicted octanol–water partition coefficient (Wildman–Crippen LogP) is 12.3. The van der Waals surface area contributed by atoms with E-state index >= 15 is 0 Å². The van der Waals surface area contributed by atoms with Gasteiger partial charge in [0.25, 0.3) is 0 Å². The Bertz CT molecular complexity index is 2260. The van der Waals surface area contributed by atoms with Crippen LogP contribution >= 0.6 is 0 Å². The second-order valence-electron chi connectivity index (χ2n) is 16.3. The Morgan fingerprint density at radius 1 is 0.408 bits per heavy atom. The highest BCUT2D eigenvalue weighted by Gasteiger charge is 2.28. The summed E-state index contributed by atoms with van der Waals surface area (Å²) in [5, 5.41) is 2.32. The van der Waals surface area contributed by atoms with Crippen LogP contribution in [0.25, 0.3) is 67.2 Å². The third-order valence-electron chi connectivity index (χ3n) is 9.34. The first-order valence-electron chi connectivity index (χ1n) is 17.2. The molecule has 0 N–H and O–H groups in total. The number of furan rings is 1. The lowest BCUT2D eigenvalue weighted by Crippen LogP contribution is -2.16. The van der Waals surface area contributed by atoms with Crippen molar-refractivity contribution >= 4 is 21.9 Å². The standard InChI is InChI=1S/C45H45N3O/c1-43(2,3)32-24-34(38-35(25-32)36-26-33(44(4,5)6)27-37(39(36)49-38)45(7,8)9)30-21-16-22-31(23-30)42-47-40(28-17-12-10-13-18-28)46-41(48-42)29-19-14-11-15-20-29/h10-27H,1-9H3. The molecule has 0 saturated heterocycles. The van der Waals surface area contributed by atoms with Crippen molar-refractivity contribution in [3.63, 3.8) is 0 Å². The van der Waals surface area contributed by atoms with Gasteiger partial charge in [0.05, 0.1) is 0 Å². The van der Waals surface area contributed by atoms with Crippen LogP contribution in [0.3, 0.4) is 0 Å². The number of hydrogen-bond acceptors (Lipinski definition) is 4. The maximum Gasteiger partial charge on any atom is 0.164 e. The number of fused-ring (bicyclic) bond motifs is 3. The number of aromatic nitrogens is 3. The van der Waals surface area contributed by atoms with Crippen molar-refractivity contribution < 1.29 is 4.42 Å². The Morgan fingerprint density at radius 2 is 0.857 bits per heavy atom. The Labute approximate surface area is 290 Å². The van der Waals surface area contributed by atoms with Crippen LogP contribution < -0.4 is 0 Å². The smallest absolute Gasteiger partial charge is 0.164 e. The molecule has 0 saturated carbocycles. The van der Waals surface area contributed by atoms with E-state index in [0.717, 1.165) is 44.4 Å². The molecule has 7 aromatic rings. The molecule has 246 valence electrons. The maximum absolute atomic E-state index is 6.99. The van der Waals surface area contributed by atoms with Crippen molar-refractivity contribution in [2.24, 2.45) is 0 Å². The molecule has 5 aromatic carbocycles. The van der Waals surface area contributed by atoms with Crippen LogP contribution in [0.4, 0.5) is 0 Å². The molecule has 0 unspecified atom stereocenters. The van der Waals surface area contributed by atoms with E-state index in [4.69, 9.17) is 19.4 Å². The first-order valence-corrected chi connectivity index (χ1v) is 17.2. The zero-order valence-electron chi connectivity index (χ0n) is 30.1. The average molecular weight is 644 g/mol. The highest BCUT2D eigenvalue weighted by atomic mass is 16.3. The van der Waals surface area contributed by atoms with E-state index in [1.807, 2.05) is 60.7 Å². The van der Waals surface area contributed by atoms with Crippen molar-refractivity contribution in [2.45, 2.75) is 78.6 Å². The van der Waals surface area contributed by atoms with Crippen molar-refractivity contribution in [1.82, 2.24) is 15.0 Å². The molecule has 0 atom stereocenters. The largest absolute Gasteiger partial charge is 0.455 e. The van der Waals surface area contributed by atoms with Gasteiger partial charge in [-0.05, 0) is 57.2 Å². The van der Waals surface area contributed by atoms with Gasteiger partial charge in [-0.1, -0.05) is 147 Å². The Balaban J connectivity index is 1.48. The SMILES string of the molecule is CC(C)(C)c1cc(-c2cccc(-c3nc(-c4ccccc4)nc(-c4ccccc4)n3)c2)c2oc3c(C(C)(C)C)cc(C(C)(C)C)cc3c2c1. The summed E-state index contributed by atoms with van der Waals surface area (Å²) in [6, 6.07) is 38.1. The van der Waals surface area contributed by atoms with Gasteiger partial charge in [0.2, 0.25) is 0 Å². The lowest BCUT2D eigenvalue weighted by molar-refractivity contribution is 0.559. The van der Waals surface area contributed by atoms with Gasteiger partial charge in [-0.2, -0.15) is 0 Å². The molecule has 0 aliphatic heterocycles. The minimum Gasteiger partial charge on any atom is -0.455 e. The average Bonchev–Trinajstić information content (AvgIpc) is 3.45. The lowest BCUT2D eigenvalue weighted by atomic mass is 9.79. The van der Waals surface area contributed by atoms with E-state index in [0.29, 0.717) is 17.5 Å². The van der Waals surface area contributed by atoms with E-state index in [-0.39, 0.29) is 16.2 Å². The molecule has 0 amide bonds. The second-order valence-corrected chi connectivity index (χ2v) is 16.3. The molecule has 4 nitrogen and oxygen atoms in total. The first kappa shape index (κ1) is 32.5. The Hall–Kier alpha value is -5.09. The molecule has 0 bridgehead atoms. The summed E-state index contributed by atoms with van der Waals surface area (Å²) in [7, 11) is 0. The monoisotopic (exact) mass is 643 g/mol. The summed E-state index contributed by atoms with van der Waals surface area (Å²) in [4.78, 5) is 14.9. The normalized spacial score (nSPS) is 12.6. The molecule has 0 spiro atoms. The van der Waals surface area contributed by atoms with Gasteiger partial charge in [0.1, 0.15) is 11.2 Å². The van der Waals surface area contributed by atoms with Crippen molar-refractivity contribution in [3.8, 4) is 45.3 Å². The van der Waals surface area contributed by atoms with Crippen LogP contribution in [0.2, 0.25) is 0 Å². The first-order chi connectivity index (χ1) is 23.2. The van der Waals surface area contributed by atoms with Crippen LogP contribution in [0.1, 0.15) is 79.0 Å². The Morgan fingerprint density at radius 3 is 1.37 bits per heavy atom.